The third kappa shape index (κ3) is 19.8. The molecule has 7 aromatic carbocycles. The van der Waals surface area contributed by atoms with Crippen molar-refractivity contribution < 1.29 is 23.9 Å². The molecule has 13 heterocycles. The maximum absolute atomic E-state index is 13.0. The van der Waals surface area contributed by atoms with Gasteiger partial charge >= 0.3 is 0 Å². The molecule has 0 saturated carbocycles. The van der Waals surface area contributed by atoms with Crippen molar-refractivity contribution in [1.29, 1.82) is 0 Å². The Morgan fingerprint density at radius 2 is 0.900 bits per heavy atom. The predicted octanol–water partition coefficient (Wildman–Crippen LogP) is 21.9. The van der Waals surface area contributed by atoms with Gasteiger partial charge in [0.1, 0.15) is 34.8 Å². The summed E-state index contributed by atoms with van der Waals surface area (Å²) in [6.45, 7) is 23.3. The number of pyridine rings is 1. The zero-order chi connectivity index (χ0) is 87.2. The maximum Gasteiger partial charge on any atom is 0.233 e. The highest BCUT2D eigenvalue weighted by atomic mass is 16.5. The van der Waals surface area contributed by atoms with Crippen LogP contribution in [-0.4, -0.2) is 114 Å². The number of ether oxygens (including phenoxy) is 1. The number of hydrogen-bond donors (Lipinski definition) is 0. The lowest BCUT2D eigenvalue weighted by atomic mass is 9.93. The summed E-state index contributed by atoms with van der Waals surface area (Å²) in [7, 11) is 1.98. The first-order valence-electron chi connectivity index (χ1n) is 43.9. The molecule has 4 amide bonds. The molecular weight excluding hydrogens is 1620 g/mol. The fraction of sp³-hybridized carbons (Fsp3) is 0.318. The van der Waals surface area contributed by atoms with E-state index in [-0.39, 0.29) is 65.4 Å². The van der Waals surface area contributed by atoms with Gasteiger partial charge in [0.15, 0.2) is 23.3 Å². The number of amides is 4. The Morgan fingerprint density at radius 3 is 1.41 bits per heavy atom. The number of para-hydroxylation sites is 1. The highest BCUT2D eigenvalue weighted by Gasteiger charge is 2.40. The summed E-state index contributed by atoms with van der Waals surface area (Å²) >= 11 is 0. The molecule has 0 radical (unpaired) electrons. The quantitative estimate of drug-likeness (QED) is 0.0730. The summed E-state index contributed by atoms with van der Waals surface area (Å²) in [4.78, 5) is 108. The third-order valence-electron chi connectivity index (χ3n) is 24.7. The zero-order valence-corrected chi connectivity index (χ0v) is 73.0. The van der Waals surface area contributed by atoms with E-state index in [2.05, 4.69) is 156 Å². The second-order valence-corrected chi connectivity index (χ2v) is 34.3. The van der Waals surface area contributed by atoms with Gasteiger partial charge < -0.3 is 14.2 Å². The smallest absolute Gasteiger partial charge is 0.233 e. The van der Waals surface area contributed by atoms with Gasteiger partial charge in [-0.2, -0.15) is 5.10 Å². The molecule has 668 valence electrons. The number of hydrogen-bond acceptors (Lipinski definition) is 17. The minimum absolute atomic E-state index is 0. The maximum atomic E-state index is 13.0. The van der Waals surface area contributed by atoms with Gasteiger partial charge in [-0.05, 0) is 126 Å². The molecule has 23 nitrogen and oxygen atoms in total. The molecule has 0 unspecified atom stereocenters. The summed E-state index contributed by atoms with van der Waals surface area (Å²) < 4.78 is 9.61. The molecule has 2 atom stereocenters. The van der Waals surface area contributed by atoms with Crippen molar-refractivity contribution >= 4 is 52.6 Å². The summed E-state index contributed by atoms with van der Waals surface area (Å²) in [6, 6.07) is 63.0. The van der Waals surface area contributed by atoms with Crippen LogP contribution in [0.4, 0.5) is 29.0 Å². The van der Waals surface area contributed by atoms with Gasteiger partial charge in [0.2, 0.25) is 23.6 Å². The van der Waals surface area contributed by atoms with E-state index < -0.39 is 0 Å². The van der Waals surface area contributed by atoms with Crippen LogP contribution >= 0.6 is 0 Å². The number of aromatic nitrogens is 13. The second kappa shape index (κ2) is 41.3. The lowest BCUT2D eigenvalue weighted by Gasteiger charge is -2.34. The topological polar surface area (TPSA) is 245 Å². The molecule has 0 N–H and O–H groups in total. The van der Waals surface area contributed by atoms with E-state index in [1.54, 1.807) is 34.6 Å². The van der Waals surface area contributed by atoms with Gasteiger partial charge in [0.25, 0.3) is 0 Å². The van der Waals surface area contributed by atoms with Gasteiger partial charge in [-0.1, -0.05) is 237 Å². The van der Waals surface area contributed by atoms with Crippen molar-refractivity contribution in [2.24, 2.45) is 13.0 Å². The minimum Gasteiger partial charge on any atom is -0.493 e. The fourth-order valence-corrected chi connectivity index (χ4v) is 17.9. The average molecular weight is 1740 g/mol. The lowest BCUT2D eigenvalue weighted by molar-refractivity contribution is -0.118. The van der Waals surface area contributed by atoms with E-state index in [0.717, 1.165) is 141 Å². The number of nitrogens with zero attached hydrogens (tertiary/aromatic N) is 18. The Kier molecular flexibility index (Phi) is 29.7. The van der Waals surface area contributed by atoms with Crippen LogP contribution in [0, 0.1) is 5.92 Å². The Labute approximate surface area is 765 Å². The first-order valence-corrected chi connectivity index (χ1v) is 43.9. The van der Waals surface area contributed by atoms with E-state index in [9.17, 15) is 19.2 Å². The van der Waals surface area contributed by atoms with Gasteiger partial charge in [-0.3, -0.25) is 43.8 Å². The highest BCUT2D eigenvalue weighted by Crippen LogP contribution is 2.45. The molecule has 6 aliphatic rings. The number of imidazole rings is 1. The standard InChI is InChI=1S/C27H31N5O.2C26H25N5O.C24H23N3O2.4CH4/c1-19(2)23-7-3-4-8-24(23)26-29-17-21-16-25(33)32(27(21)30-26)15-11-20-9-13-31(14-10-20)22-6-5-12-28-18-22;1-17(2)22-7-4-5-8-23(22)25-27-16-20-15-24(32)31(26(20)29-25)18(3)19-9-11-21(12-10-19)30-14-6-13-28-30;1-17(2)21-6-4-5-7-22(21)24-28-15-20-14-23(32)31(26(20)29-24)16-18-8-10-19(11-9-18)25-27-12-13-30(25)3;1-15(2)17-7-3-4-8-18(17)23-25-14-16-13-22(28)27(24(16)26-23)20-11-12-29-21-10-6-5-9-19(20)21;;;;/h3-8,12,17-20H,9-11,13-16H2,1-2H3;4-14,16-18H,15H2,1-3H3;4-13,15,17H,14,16H2,1-3H3;3-10,14-15,20H,11-13H2,1-2H3;4*1H4/t;18-;;20-;;;;/m.1.1..../s1. The van der Waals surface area contributed by atoms with E-state index in [1.807, 2.05) is 198 Å². The third-order valence-corrected chi connectivity index (χ3v) is 24.7. The predicted molar refractivity (Wildman–Crippen MR) is 520 cm³/mol. The van der Waals surface area contributed by atoms with E-state index >= 15 is 0 Å². The molecule has 20 rings (SSSR count). The minimum atomic E-state index is -0.140. The summed E-state index contributed by atoms with van der Waals surface area (Å²) in [6.07, 6.45) is 23.9. The van der Waals surface area contributed by atoms with Gasteiger partial charge in [-0.15, -0.1) is 0 Å². The Morgan fingerprint density at radius 1 is 0.423 bits per heavy atom. The normalized spacial score (nSPS) is 14.9. The molecule has 23 heteroatoms. The Hall–Kier alpha value is -14.1. The summed E-state index contributed by atoms with van der Waals surface area (Å²) in [5.74, 6) is 9.84. The van der Waals surface area contributed by atoms with Crippen LogP contribution < -0.4 is 29.2 Å². The van der Waals surface area contributed by atoms with E-state index in [1.165, 1.54) is 27.9 Å². The molecule has 0 aliphatic carbocycles. The van der Waals surface area contributed by atoms with Crippen molar-refractivity contribution in [2.45, 2.75) is 186 Å². The number of benzene rings is 7. The Balaban J connectivity index is 0.000000146. The van der Waals surface area contributed by atoms with Crippen LogP contribution in [0.5, 0.6) is 5.75 Å². The zero-order valence-electron chi connectivity index (χ0n) is 73.0. The van der Waals surface area contributed by atoms with Crippen LogP contribution in [0.1, 0.15) is 215 Å². The summed E-state index contributed by atoms with van der Waals surface area (Å²) in [5.41, 5.74) is 18.9. The first kappa shape index (κ1) is 93.5. The van der Waals surface area contributed by atoms with Crippen molar-refractivity contribution in [1.82, 2.24) is 64.2 Å². The largest absolute Gasteiger partial charge is 0.493 e. The van der Waals surface area contributed by atoms with Crippen LogP contribution in [-0.2, 0) is 58.5 Å². The number of rotatable bonds is 19. The molecule has 7 aromatic heterocycles. The van der Waals surface area contributed by atoms with Crippen molar-refractivity contribution in [3.8, 4) is 68.4 Å². The second-order valence-electron chi connectivity index (χ2n) is 34.3. The van der Waals surface area contributed by atoms with E-state index in [4.69, 9.17) is 24.7 Å². The first-order chi connectivity index (χ1) is 61.3. The lowest BCUT2D eigenvalue weighted by Crippen LogP contribution is -2.36. The number of carbonyl (C=O) groups is 4. The van der Waals surface area contributed by atoms with Crippen LogP contribution in [0.3, 0.4) is 0 Å². The molecule has 0 bridgehead atoms. The molecule has 0 spiro atoms. The number of piperidine rings is 1. The van der Waals surface area contributed by atoms with Gasteiger partial charge in [0.05, 0.1) is 68.5 Å². The molecule has 130 heavy (non-hydrogen) atoms. The number of fused-ring (bicyclic) bond motifs is 5. The van der Waals surface area contributed by atoms with Crippen LogP contribution in [0.2, 0.25) is 0 Å². The monoisotopic (exact) mass is 1740 g/mol. The molecule has 1 fully saturated rings. The molecule has 1 saturated heterocycles. The van der Waals surface area contributed by atoms with Crippen molar-refractivity contribution in [3.63, 3.8) is 0 Å². The van der Waals surface area contributed by atoms with Crippen molar-refractivity contribution in [3.05, 3.63) is 311 Å². The van der Waals surface area contributed by atoms with Crippen molar-refractivity contribution in [2.75, 3.05) is 50.7 Å². The summed E-state index contributed by atoms with van der Waals surface area (Å²) in [5, 5.41) is 4.27. The van der Waals surface area contributed by atoms with Gasteiger partial charge in [-0.25, -0.2) is 49.5 Å². The SMILES string of the molecule is C.C.C.C.CC(C)c1ccccc1-c1ncc2c(n1)N(CCC1CCN(c3cccnc3)CC1)C(=O)C2.CC(C)c1ccccc1-c1ncc2c(n1)N(Cc1ccc(-c3nccn3C)cc1)C(=O)C2.CC(C)c1ccccc1-c1ncc2c(n1)N([C@@H]1CCOc3ccccc31)C(=O)C2.CC(C)c1ccccc1-c1ncc2c(n1)N([C@H](C)c1ccc(-n3cccn3)cc1)C(=O)C2. The molecular formula is C107H120N18O5. The van der Waals surface area contributed by atoms with Crippen LogP contribution in [0.25, 0.3) is 62.6 Å². The highest BCUT2D eigenvalue weighted by molar-refractivity contribution is 6.03. The fourth-order valence-electron chi connectivity index (χ4n) is 17.9. The van der Waals surface area contributed by atoms with Crippen LogP contribution in [0.15, 0.2) is 250 Å². The molecule has 6 aliphatic heterocycles. The van der Waals surface area contributed by atoms with E-state index in [0.29, 0.717) is 103 Å². The molecule has 14 aromatic rings. The van der Waals surface area contributed by atoms with Gasteiger partial charge in [0, 0.05) is 145 Å². The number of anilines is 5. The number of aryl methyl sites for hydroxylation is 1. The number of carbonyl (C=O) groups excluding carboxylic acids is 4. The Bertz CT molecular complexity index is 6280. The average Bonchev–Trinajstić information content (AvgIpc) is 1.60.